The molecule has 2 heteroatoms. The lowest BCUT2D eigenvalue weighted by molar-refractivity contribution is -0.136. The summed E-state index contributed by atoms with van der Waals surface area (Å²) in [7, 11) is 0. The number of halogens is 1. The molecule has 8 atom stereocenters. The number of Topliss-reactive ketones (excluding diaryl/α,β-unsaturated/α-hetero) is 1. The van der Waals surface area contributed by atoms with Crippen molar-refractivity contribution in [2.45, 2.75) is 84.7 Å². The van der Waals surface area contributed by atoms with Crippen LogP contribution in [0.25, 0.3) is 0 Å². The Morgan fingerprint density at radius 3 is 2.35 bits per heavy atom. The van der Waals surface area contributed by atoms with E-state index in [-0.39, 0.29) is 10.8 Å². The molecule has 0 saturated heterocycles. The number of hydrogen-bond acceptors (Lipinski definition) is 1. The molecule has 4 saturated carbocycles. The van der Waals surface area contributed by atoms with Crippen LogP contribution in [-0.4, -0.2) is 12.0 Å². The van der Waals surface area contributed by atoms with Gasteiger partial charge in [-0.25, -0.2) is 4.39 Å². The van der Waals surface area contributed by atoms with Crippen LogP contribution in [0.5, 0.6) is 0 Å². The minimum absolute atomic E-state index is 0.232. The van der Waals surface area contributed by atoms with Gasteiger partial charge in [-0.3, -0.25) is 4.79 Å². The van der Waals surface area contributed by atoms with Gasteiger partial charge in [0.05, 0.1) is 0 Å². The largest absolute Gasteiger partial charge is 0.300 e. The molecule has 0 N–H and O–H groups in total. The lowest BCUT2D eigenvalue weighted by atomic mass is 9.44. The van der Waals surface area contributed by atoms with Crippen molar-refractivity contribution in [1.82, 2.24) is 0 Å². The number of hydrogen-bond donors (Lipinski definition) is 0. The van der Waals surface area contributed by atoms with Crippen molar-refractivity contribution in [3.63, 3.8) is 0 Å². The van der Waals surface area contributed by atoms with E-state index < -0.39 is 6.17 Å². The maximum Gasteiger partial charge on any atom is 0.133 e. The molecule has 23 heavy (non-hydrogen) atoms. The van der Waals surface area contributed by atoms with Crippen LogP contribution in [0.15, 0.2) is 0 Å². The molecule has 4 aliphatic rings. The first kappa shape index (κ1) is 16.1. The normalized spacial score (nSPS) is 55.7. The molecule has 0 aromatic rings. The first-order valence-corrected chi connectivity index (χ1v) is 10.0. The van der Waals surface area contributed by atoms with Crippen molar-refractivity contribution in [2.75, 3.05) is 0 Å². The molecule has 130 valence electrons. The highest BCUT2D eigenvalue weighted by Crippen LogP contribution is 2.67. The van der Waals surface area contributed by atoms with E-state index in [1.54, 1.807) is 6.92 Å². The fourth-order valence-electron chi connectivity index (χ4n) is 7.96. The standard InChI is InChI=1S/C21H33FO/c1-13(23)17-8-9-18-16-7-5-14-4-6-15(22)12-21(14,3)19(16)10-11-20(17,18)2/h14-19H,4-12H2,1-3H3/t14-,15?,16+,17-,18+,19+,20-,21+/m1/s1. The molecule has 0 aromatic heterocycles. The molecule has 1 unspecified atom stereocenters. The van der Waals surface area contributed by atoms with Crippen LogP contribution in [0.4, 0.5) is 4.39 Å². The summed E-state index contributed by atoms with van der Waals surface area (Å²) in [5.74, 6) is 3.64. The minimum Gasteiger partial charge on any atom is -0.300 e. The molecule has 0 aromatic carbocycles. The summed E-state index contributed by atoms with van der Waals surface area (Å²) in [6.45, 7) is 6.62. The zero-order chi connectivity index (χ0) is 16.4. The van der Waals surface area contributed by atoms with Gasteiger partial charge in [0, 0.05) is 5.92 Å². The average molecular weight is 320 g/mol. The smallest absolute Gasteiger partial charge is 0.133 e. The molecule has 0 spiro atoms. The van der Waals surface area contributed by atoms with Crippen molar-refractivity contribution in [1.29, 1.82) is 0 Å². The third-order valence-electron chi connectivity index (χ3n) is 9.05. The maximum absolute atomic E-state index is 14.2. The van der Waals surface area contributed by atoms with Gasteiger partial charge in [0.15, 0.2) is 0 Å². The Labute approximate surface area is 140 Å². The van der Waals surface area contributed by atoms with E-state index in [0.717, 1.165) is 37.5 Å². The topological polar surface area (TPSA) is 17.1 Å². The SMILES string of the molecule is CC(=O)[C@H]1CC[C@H]2[C@@H]3CC[C@H]4CCC(F)C[C@]4(C)[C@H]3CC[C@]12C. The van der Waals surface area contributed by atoms with Gasteiger partial charge in [-0.2, -0.15) is 0 Å². The monoisotopic (exact) mass is 320 g/mol. The summed E-state index contributed by atoms with van der Waals surface area (Å²) < 4.78 is 14.2. The number of carbonyl (C=O) groups excluding carboxylic acids is 1. The predicted molar refractivity (Wildman–Crippen MR) is 90.8 cm³/mol. The summed E-state index contributed by atoms with van der Waals surface area (Å²) in [5.41, 5.74) is 0.468. The van der Waals surface area contributed by atoms with Gasteiger partial charge in [0.2, 0.25) is 0 Å². The van der Waals surface area contributed by atoms with Crippen LogP contribution in [-0.2, 0) is 4.79 Å². The third-order valence-corrected chi connectivity index (χ3v) is 9.05. The molecule has 0 radical (unpaired) electrons. The molecule has 4 aliphatic carbocycles. The van der Waals surface area contributed by atoms with Gasteiger partial charge < -0.3 is 0 Å². The van der Waals surface area contributed by atoms with E-state index in [0.29, 0.717) is 23.5 Å². The third kappa shape index (κ3) is 2.19. The summed E-state index contributed by atoms with van der Waals surface area (Å²) in [4.78, 5) is 12.2. The first-order chi connectivity index (χ1) is 10.9. The lowest BCUT2D eigenvalue weighted by Crippen LogP contribution is -2.54. The van der Waals surface area contributed by atoms with Crippen LogP contribution < -0.4 is 0 Å². The summed E-state index contributed by atoms with van der Waals surface area (Å²) in [5, 5.41) is 0. The Bertz CT molecular complexity index is 502. The van der Waals surface area contributed by atoms with E-state index in [1.807, 2.05) is 0 Å². The molecule has 0 amide bonds. The molecule has 4 rings (SSSR count). The first-order valence-electron chi connectivity index (χ1n) is 10.0. The van der Waals surface area contributed by atoms with Crippen LogP contribution in [0.2, 0.25) is 0 Å². The number of carbonyl (C=O) groups is 1. The number of ketones is 1. The average Bonchev–Trinajstić information content (AvgIpc) is 2.83. The number of rotatable bonds is 1. The van der Waals surface area contributed by atoms with Gasteiger partial charge in [-0.15, -0.1) is 0 Å². The summed E-state index contributed by atoms with van der Waals surface area (Å²) in [6, 6.07) is 0. The Kier molecular flexibility index (Phi) is 3.71. The molecule has 0 bridgehead atoms. The van der Waals surface area contributed by atoms with E-state index in [1.165, 1.54) is 32.1 Å². The molecular formula is C21H33FO. The highest BCUT2D eigenvalue weighted by Gasteiger charge is 2.60. The van der Waals surface area contributed by atoms with Crippen molar-refractivity contribution < 1.29 is 9.18 Å². The van der Waals surface area contributed by atoms with Crippen LogP contribution in [0.1, 0.15) is 78.6 Å². The zero-order valence-electron chi connectivity index (χ0n) is 15.1. The van der Waals surface area contributed by atoms with Crippen molar-refractivity contribution >= 4 is 5.78 Å². The molecule has 0 heterocycles. The van der Waals surface area contributed by atoms with Crippen LogP contribution in [0, 0.1) is 40.4 Å². The fraction of sp³-hybridized carbons (Fsp3) is 0.952. The quantitative estimate of drug-likeness (QED) is 0.617. The molecule has 1 nitrogen and oxygen atoms in total. The van der Waals surface area contributed by atoms with Gasteiger partial charge in [-0.05, 0) is 99.2 Å². The van der Waals surface area contributed by atoms with Crippen LogP contribution >= 0.6 is 0 Å². The second kappa shape index (κ2) is 5.30. The molecular weight excluding hydrogens is 287 g/mol. The minimum atomic E-state index is -0.572. The maximum atomic E-state index is 14.2. The number of fused-ring (bicyclic) bond motifs is 5. The summed E-state index contributed by atoms with van der Waals surface area (Å²) >= 11 is 0. The highest BCUT2D eigenvalue weighted by molar-refractivity contribution is 5.79. The summed E-state index contributed by atoms with van der Waals surface area (Å²) in [6.07, 6.45) is 9.56. The Hall–Kier alpha value is -0.400. The van der Waals surface area contributed by atoms with Crippen molar-refractivity contribution in [3.05, 3.63) is 0 Å². The highest BCUT2D eigenvalue weighted by atomic mass is 19.1. The zero-order valence-corrected chi connectivity index (χ0v) is 15.1. The van der Waals surface area contributed by atoms with E-state index in [2.05, 4.69) is 13.8 Å². The van der Waals surface area contributed by atoms with Gasteiger partial charge in [0.1, 0.15) is 12.0 Å². The van der Waals surface area contributed by atoms with Crippen molar-refractivity contribution in [2.24, 2.45) is 40.4 Å². The van der Waals surface area contributed by atoms with E-state index in [4.69, 9.17) is 0 Å². The Morgan fingerprint density at radius 2 is 1.61 bits per heavy atom. The molecule has 0 aliphatic heterocycles. The van der Waals surface area contributed by atoms with Crippen molar-refractivity contribution in [3.8, 4) is 0 Å². The second-order valence-corrected chi connectivity index (χ2v) is 9.82. The van der Waals surface area contributed by atoms with Gasteiger partial charge in [-0.1, -0.05) is 13.8 Å². The van der Waals surface area contributed by atoms with Gasteiger partial charge in [0.25, 0.3) is 0 Å². The lowest BCUT2D eigenvalue weighted by Gasteiger charge is -2.60. The number of alkyl halides is 1. The van der Waals surface area contributed by atoms with E-state index in [9.17, 15) is 9.18 Å². The Morgan fingerprint density at radius 1 is 0.913 bits per heavy atom. The predicted octanol–water partition coefficient (Wildman–Crippen LogP) is 5.57. The van der Waals surface area contributed by atoms with E-state index >= 15 is 0 Å². The molecule has 4 fully saturated rings. The Balaban J connectivity index is 1.63. The second-order valence-electron chi connectivity index (χ2n) is 9.82. The fourth-order valence-corrected chi connectivity index (χ4v) is 7.96. The van der Waals surface area contributed by atoms with Gasteiger partial charge >= 0.3 is 0 Å². The van der Waals surface area contributed by atoms with Crippen LogP contribution in [0.3, 0.4) is 0 Å².